The summed E-state index contributed by atoms with van der Waals surface area (Å²) in [6, 6.07) is 2.77. The first-order chi connectivity index (χ1) is 18.1. The fourth-order valence-corrected chi connectivity index (χ4v) is 4.89. The quantitative estimate of drug-likeness (QED) is 0.263. The van der Waals surface area contributed by atoms with Gasteiger partial charge in [-0.05, 0) is 25.0 Å². The molecule has 0 radical (unpaired) electrons. The van der Waals surface area contributed by atoms with E-state index in [1.807, 2.05) is 0 Å². The van der Waals surface area contributed by atoms with Gasteiger partial charge in [-0.25, -0.2) is 23.3 Å². The van der Waals surface area contributed by atoms with Crippen molar-refractivity contribution in [1.29, 1.82) is 0 Å². The second kappa shape index (κ2) is 11.2. The van der Waals surface area contributed by atoms with Crippen molar-refractivity contribution in [2.24, 2.45) is 0 Å². The molecule has 0 amide bonds. The van der Waals surface area contributed by atoms with Gasteiger partial charge < -0.3 is 15.2 Å². The van der Waals surface area contributed by atoms with Crippen molar-refractivity contribution in [1.82, 2.24) is 24.8 Å². The maximum atomic E-state index is 15.8. The van der Waals surface area contributed by atoms with Crippen molar-refractivity contribution in [2.45, 2.75) is 39.7 Å². The van der Waals surface area contributed by atoms with Crippen LogP contribution in [0.1, 0.15) is 33.1 Å². The number of benzene rings is 1. The molecule has 0 aliphatic carbocycles. The summed E-state index contributed by atoms with van der Waals surface area (Å²) in [5.41, 5.74) is 3.19. The van der Waals surface area contributed by atoms with Crippen molar-refractivity contribution >= 4 is 22.7 Å². The molecular formula is C27H33F2N8+. The van der Waals surface area contributed by atoms with Crippen molar-refractivity contribution in [3.63, 3.8) is 0 Å². The topological polar surface area (TPSA) is 74.8 Å². The molecule has 10 heteroatoms. The van der Waals surface area contributed by atoms with Crippen LogP contribution in [0.25, 0.3) is 27.8 Å². The minimum atomic E-state index is -0.639. The molecule has 4 aromatic rings. The standard InChI is InChI=1S/C27H33F2N8/c1-3-5-8-33-22-7-6-21(28)26(24(22)29)37-17-20(19-14-31-18-32-15-19)25-23(37)16-34-27(36(25)11-4-2)35-12-9-30-10-13-35/h6-7,14-18,30,33H,3-5,8-13H2,1-2H3/q+1. The number of aryl methyl sites for hydroxylation is 1. The van der Waals surface area contributed by atoms with Crippen LogP contribution in [-0.2, 0) is 6.54 Å². The van der Waals surface area contributed by atoms with E-state index in [1.165, 1.54) is 18.5 Å². The summed E-state index contributed by atoms with van der Waals surface area (Å²) in [5, 5.41) is 6.50. The fourth-order valence-electron chi connectivity index (χ4n) is 4.89. The third-order valence-electron chi connectivity index (χ3n) is 6.70. The number of rotatable bonds is 9. The predicted octanol–water partition coefficient (Wildman–Crippen LogP) is 4.08. The molecule has 0 unspecified atom stereocenters. The average Bonchev–Trinajstić information content (AvgIpc) is 3.31. The molecule has 1 fully saturated rings. The first-order valence-electron chi connectivity index (χ1n) is 13.0. The van der Waals surface area contributed by atoms with E-state index in [-0.39, 0.29) is 11.4 Å². The van der Waals surface area contributed by atoms with Crippen LogP contribution < -0.4 is 20.1 Å². The normalized spacial score (nSPS) is 13.9. The number of fused-ring (bicyclic) bond motifs is 1. The second-order valence-corrected chi connectivity index (χ2v) is 9.26. The largest absolute Gasteiger partial charge is 0.394 e. The van der Waals surface area contributed by atoms with Crippen molar-refractivity contribution in [3.8, 4) is 16.8 Å². The molecule has 0 spiro atoms. The molecule has 8 nitrogen and oxygen atoms in total. The Hall–Kier alpha value is -3.66. The lowest BCUT2D eigenvalue weighted by molar-refractivity contribution is -0.661. The zero-order chi connectivity index (χ0) is 25.8. The van der Waals surface area contributed by atoms with Crippen LogP contribution in [-0.4, -0.2) is 52.2 Å². The number of halogens is 2. The Kier molecular flexibility index (Phi) is 7.55. The molecule has 3 aromatic heterocycles. The van der Waals surface area contributed by atoms with Crippen molar-refractivity contribution < 1.29 is 13.3 Å². The molecular weight excluding hydrogens is 474 g/mol. The summed E-state index contributed by atoms with van der Waals surface area (Å²) in [4.78, 5) is 15.5. The van der Waals surface area contributed by atoms with Gasteiger partial charge in [0, 0.05) is 49.4 Å². The van der Waals surface area contributed by atoms with Crippen LogP contribution in [0.5, 0.6) is 0 Å². The lowest BCUT2D eigenvalue weighted by Crippen LogP contribution is -2.51. The Balaban J connectivity index is 1.76. The van der Waals surface area contributed by atoms with Crippen LogP contribution in [0.2, 0.25) is 0 Å². The minimum absolute atomic E-state index is 0.130. The van der Waals surface area contributed by atoms with Crippen LogP contribution in [0.4, 0.5) is 20.4 Å². The molecule has 1 aliphatic rings. The molecule has 0 atom stereocenters. The molecule has 1 aliphatic heterocycles. The first-order valence-corrected chi connectivity index (χ1v) is 13.0. The maximum Gasteiger partial charge on any atom is 0.394 e. The van der Waals surface area contributed by atoms with E-state index in [0.717, 1.165) is 68.0 Å². The highest BCUT2D eigenvalue weighted by Crippen LogP contribution is 2.34. The van der Waals surface area contributed by atoms with E-state index in [9.17, 15) is 0 Å². The molecule has 4 heterocycles. The summed E-state index contributed by atoms with van der Waals surface area (Å²) in [5.74, 6) is -0.417. The summed E-state index contributed by atoms with van der Waals surface area (Å²) in [7, 11) is 0. The second-order valence-electron chi connectivity index (χ2n) is 9.26. The van der Waals surface area contributed by atoms with Gasteiger partial charge in [-0.2, -0.15) is 0 Å². The highest BCUT2D eigenvalue weighted by atomic mass is 19.1. The summed E-state index contributed by atoms with van der Waals surface area (Å²) in [6.45, 7) is 8.92. The molecule has 2 N–H and O–H groups in total. The van der Waals surface area contributed by atoms with E-state index in [2.05, 4.69) is 43.9 Å². The highest BCUT2D eigenvalue weighted by Gasteiger charge is 2.29. The number of anilines is 2. The van der Waals surface area contributed by atoms with Gasteiger partial charge in [-0.15, -0.1) is 0 Å². The van der Waals surface area contributed by atoms with E-state index >= 15 is 8.78 Å². The number of piperazine rings is 1. The molecule has 0 saturated carbocycles. The van der Waals surface area contributed by atoms with Gasteiger partial charge in [0.1, 0.15) is 35.1 Å². The molecule has 5 rings (SSSR count). The molecule has 194 valence electrons. The van der Waals surface area contributed by atoms with E-state index in [4.69, 9.17) is 4.98 Å². The van der Waals surface area contributed by atoms with Gasteiger partial charge in [-0.1, -0.05) is 25.3 Å². The Morgan fingerprint density at radius 3 is 2.57 bits per heavy atom. The SMILES string of the molecule is CCCCNc1ccc(F)c(-n2cc(-c3cncnc3)c3c2cnc(N2CCNCC2)[n+]3CCC)c1F. The zero-order valence-electron chi connectivity index (χ0n) is 21.3. The van der Waals surface area contributed by atoms with E-state index in [1.54, 1.807) is 29.4 Å². The number of hydrogen-bond acceptors (Lipinski definition) is 6. The van der Waals surface area contributed by atoms with Crippen LogP contribution in [0.3, 0.4) is 0 Å². The van der Waals surface area contributed by atoms with Gasteiger partial charge >= 0.3 is 5.95 Å². The minimum Gasteiger partial charge on any atom is -0.383 e. The third kappa shape index (κ3) is 4.85. The predicted molar refractivity (Wildman–Crippen MR) is 141 cm³/mol. The maximum absolute atomic E-state index is 15.8. The Bertz CT molecular complexity index is 1370. The van der Waals surface area contributed by atoms with Crippen molar-refractivity contribution in [2.75, 3.05) is 42.9 Å². The molecule has 37 heavy (non-hydrogen) atoms. The number of unbranched alkanes of at least 4 members (excludes halogenated alkanes) is 1. The molecule has 0 bridgehead atoms. The number of nitrogens with zero attached hydrogens (tertiary/aromatic N) is 6. The van der Waals surface area contributed by atoms with Gasteiger partial charge in [0.2, 0.25) is 0 Å². The van der Waals surface area contributed by atoms with Gasteiger partial charge in [-0.3, -0.25) is 4.90 Å². The Morgan fingerprint density at radius 1 is 1.05 bits per heavy atom. The first kappa shape index (κ1) is 25.0. The summed E-state index contributed by atoms with van der Waals surface area (Å²) < 4.78 is 34.9. The van der Waals surface area contributed by atoms with E-state index in [0.29, 0.717) is 18.6 Å². The Labute approximate surface area is 215 Å². The third-order valence-corrected chi connectivity index (χ3v) is 6.70. The summed E-state index contributed by atoms with van der Waals surface area (Å²) in [6.07, 6.45) is 11.2. The van der Waals surface area contributed by atoms with Crippen LogP contribution in [0.15, 0.2) is 43.2 Å². The number of hydrogen-bond donors (Lipinski definition) is 2. The zero-order valence-corrected chi connectivity index (χ0v) is 21.3. The molecule has 1 saturated heterocycles. The lowest BCUT2D eigenvalue weighted by Gasteiger charge is -2.24. The van der Waals surface area contributed by atoms with Gasteiger partial charge in [0.05, 0.1) is 25.3 Å². The Morgan fingerprint density at radius 2 is 1.84 bits per heavy atom. The monoisotopic (exact) mass is 507 g/mol. The number of nitrogens with one attached hydrogen (secondary N) is 2. The van der Waals surface area contributed by atoms with Crippen molar-refractivity contribution in [3.05, 3.63) is 54.9 Å². The van der Waals surface area contributed by atoms with E-state index < -0.39 is 11.6 Å². The van der Waals surface area contributed by atoms with Crippen LogP contribution >= 0.6 is 0 Å². The lowest BCUT2D eigenvalue weighted by atomic mass is 10.1. The molecule has 1 aromatic carbocycles. The van der Waals surface area contributed by atoms with Gasteiger partial charge in [0.15, 0.2) is 5.82 Å². The fraction of sp³-hybridized carbons (Fsp3) is 0.407. The van der Waals surface area contributed by atoms with Gasteiger partial charge in [0.25, 0.3) is 0 Å². The highest BCUT2D eigenvalue weighted by molar-refractivity contribution is 5.91. The number of aromatic nitrogens is 5. The summed E-state index contributed by atoms with van der Waals surface area (Å²) >= 11 is 0. The average molecular weight is 508 g/mol. The van der Waals surface area contributed by atoms with Crippen LogP contribution in [0, 0.1) is 11.6 Å². The smallest absolute Gasteiger partial charge is 0.383 e.